The Hall–Kier alpha value is -3.16. The van der Waals surface area contributed by atoms with Gasteiger partial charge in [-0.1, -0.05) is 17.3 Å². The minimum Gasteiger partial charge on any atom is -0.361 e. The third kappa shape index (κ3) is 3.18. The molecule has 1 aromatic carbocycles. The molecule has 0 unspecified atom stereocenters. The lowest BCUT2D eigenvalue weighted by Crippen LogP contribution is -2.05. The van der Waals surface area contributed by atoms with Gasteiger partial charge in [0.1, 0.15) is 5.76 Å². The molecule has 27 heavy (non-hydrogen) atoms. The number of rotatable bonds is 3. The molecular weight excluding hydrogens is 357 g/mol. The highest BCUT2D eigenvalue weighted by atomic mass is 19.4. The van der Waals surface area contributed by atoms with Crippen molar-refractivity contribution < 1.29 is 17.7 Å². The van der Waals surface area contributed by atoms with Gasteiger partial charge in [0.2, 0.25) is 0 Å². The van der Waals surface area contributed by atoms with Crippen molar-refractivity contribution >= 4 is 11.2 Å². The van der Waals surface area contributed by atoms with Gasteiger partial charge in [0, 0.05) is 23.9 Å². The van der Waals surface area contributed by atoms with Gasteiger partial charge >= 0.3 is 6.18 Å². The number of fused-ring (bicyclic) bond motifs is 1. The number of alkyl halides is 3. The number of imidazole rings is 1. The summed E-state index contributed by atoms with van der Waals surface area (Å²) in [4.78, 5) is 8.65. The number of aryl methyl sites for hydroxylation is 2. The van der Waals surface area contributed by atoms with E-state index in [9.17, 15) is 13.2 Å². The molecule has 4 rings (SSSR count). The van der Waals surface area contributed by atoms with Crippen molar-refractivity contribution in [2.75, 3.05) is 0 Å². The number of aromatic nitrogens is 4. The predicted molar refractivity (Wildman–Crippen MR) is 93.0 cm³/mol. The number of pyridine rings is 1. The van der Waals surface area contributed by atoms with Crippen molar-refractivity contribution in [3.63, 3.8) is 0 Å². The lowest BCUT2D eigenvalue weighted by atomic mass is 10.1. The quantitative estimate of drug-likeness (QED) is 0.520. The van der Waals surface area contributed by atoms with Gasteiger partial charge in [-0.05, 0) is 37.6 Å². The Morgan fingerprint density at radius 3 is 2.44 bits per heavy atom. The number of halogens is 3. The predicted octanol–water partition coefficient (Wildman–Crippen LogP) is 4.77. The van der Waals surface area contributed by atoms with Crippen LogP contribution in [-0.2, 0) is 12.7 Å². The van der Waals surface area contributed by atoms with Crippen LogP contribution in [0.1, 0.15) is 22.6 Å². The van der Waals surface area contributed by atoms with Gasteiger partial charge in [0.05, 0.1) is 23.1 Å². The van der Waals surface area contributed by atoms with Gasteiger partial charge in [0.15, 0.2) is 5.65 Å². The third-order valence-electron chi connectivity index (χ3n) is 4.43. The topological polar surface area (TPSA) is 56.7 Å². The molecule has 0 N–H and O–H groups in total. The fraction of sp³-hybridized carbons (Fsp3) is 0.211. The molecule has 0 aliphatic carbocycles. The zero-order valence-corrected chi connectivity index (χ0v) is 14.6. The minimum absolute atomic E-state index is 0.390. The van der Waals surface area contributed by atoms with Gasteiger partial charge in [-0.25, -0.2) is 9.97 Å². The van der Waals surface area contributed by atoms with Crippen LogP contribution in [0.2, 0.25) is 0 Å². The third-order valence-corrected chi connectivity index (χ3v) is 4.43. The molecule has 0 aliphatic rings. The Kier molecular flexibility index (Phi) is 3.98. The fourth-order valence-electron chi connectivity index (χ4n) is 3.10. The van der Waals surface area contributed by atoms with E-state index in [1.54, 1.807) is 12.5 Å². The largest absolute Gasteiger partial charge is 0.416 e. The number of hydrogen-bond acceptors (Lipinski definition) is 4. The smallest absolute Gasteiger partial charge is 0.361 e. The lowest BCUT2D eigenvalue weighted by Gasteiger charge is -2.09. The van der Waals surface area contributed by atoms with Gasteiger partial charge in [-0.2, -0.15) is 13.2 Å². The molecule has 0 aliphatic heterocycles. The highest BCUT2D eigenvalue weighted by Crippen LogP contribution is 2.30. The zero-order chi connectivity index (χ0) is 19.2. The molecule has 3 heterocycles. The second-order valence-corrected chi connectivity index (χ2v) is 6.33. The summed E-state index contributed by atoms with van der Waals surface area (Å²) in [5.74, 6) is 0.697. The van der Waals surface area contributed by atoms with Crippen LogP contribution < -0.4 is 0 Å². The van der Waals surface area contributed by atoms with Gasteiger partial charge in [-0.15, -0.1) is 0 Å². The van der Waals surface area contributed by atoms with Crippen LogP contribution in [0, 0.1) is 13.8 Å². The van der Waals surface area contributed by atoms with Gasteiger partial charge in [0.25, 0.3) is 0 Å². The number of hydrogen-bond donors (Lipinski definition) is 0. The van der Waals surface area contributed by atoms with Crippen LogP contribution in [0.15, 0.2) is 47.4 Å². The summed E-state index contributed by atoms with van der Waals surface area (Å²) in [6, 6.07) is 7.05. The second-order valence-electron chi connectivity index (χ2n) is 6.33. The second kappa shape index (κ2) is 6.22. The molecule has 0 saturated heterocycles. The van der Waals surface area contributed by atoms with E-state index < -0.39 is 11.7 Å². The van der Waals surface area contributed by atoms with Crippen molar-refractivity contribution in [3.05, 3.63) is 65.4 Å². The molecular formula is C19H15F3N4O. The first-order valence-electron chi connectivity index (χ1n) is 8.23. The molecule has 0 atom stereocenters. The van der Waals surface area contributed by atoms with E-state index in [0.717, 1.165) is 40.0 Å². The average molecular weight is 372 g/mol. The minimum atomic E-state index is -4.34. The maximum atomic E-state index is 12.7. The van der Waals surface area contributed by atoms with Crippen molar-refractivity contribution in [2.45, 2.75) is 26.6 Å². The van der Waals surface area contributed by atoms with Crippen molar-refractivity contribution in [1.29, 1.82) is 0 Å². The lowest BCUT2D eigenvalue weighted by molar-refractivity contribution is -0.137. The van der Waals surface area contributed by atoms with E-state index in [0.29, 0.717) is 18.0 Å². The summed E-state index contributed by atoms with van der Waals surface area (Å²) in [6.45, 7) is 4.08. The Labute approximate surface area is 152 Å². The molecule has 5 nitrogen and oxygen atoms in total. The monoisotopic (exact) mass is 372 g/mol. The van der Waals surface area contributed by atoms with E-state index in [1.165, 1.54) is 12.1 Å². The fourth-order valence-corrected chi connectivity index (χ4v) is 3.10. The van der Waals surface area contributed by atoms with Crippen LogP contribution in [0.3, 0.4) is 0 Å². The standard InChI is InChI=1S/C19H15F3N4O/c1-11-17(12(2)27-25-11)14-7-16-18(23-8-14)24-10-26(16)9-13-3-5-15(6-4-13)19(20,21)22/h3-8,10H,9H2,1-2H3. The average Bonchev–Trinajstić information content (AvgIpc) is 3.17. The first-order chi connectivity index (χ1) is 12.8. The SMILES string of the molecule is Cc1noc(C)c1-c1cnc2ncn(Cc3ccc(C(F)(F)F)cc3)c2c1. The highest BCUT2D eigenvalue weighted by molar-refractivity contribution is 5.79. The van der Waals surface area contributed by atoms with Crippen LogP contribution in [0.25, 0.3) is 22.3 Å². The Bertz CT molecular complexity index is 1090. The van der Waals surface area contributed by atoms with E-state index in [1.807, 2.05) is 24.5 Å². The van der Waals surface area contributed by atoms with E-state index >= 15 is 0 Å². The molecule has 4 aromatic rings. The highest BCUT2D eigenvalue weighted by Gasteiger charge is 2.29. The summed E-state index contributed by atoms with van der Waals surface area (Å²) in [5.41, 5.74) is 3.93. The molecule has 3 aromatic heterocycles. The molecule has 8 heteroatoms. The summed E-state index contributed by atoms with van der Waals surface area (Å²) in [7, 11) is 0. The van der Waals surface area contributed by atoms with E-state index in [-0.39, 0.29) is 0 Å². The molecule has 0 amide bonds. The summed E-state index contributed by atoms with van der Waals surface area (Å²) < 4.78 is 45.2. The molecule has 0 saturated carbocycles. The normalized spacial score (nSPS) is 12.0. The van der Waals surface area contributed by atoms with Crippen molar-refractivity contribution in [2.24, 2.45) is 0 Å². The molecule has 0 fully saturated rings. The first kappa shape index (κ1) is 17.3. The molecule has 0 bridgehead atoms. The summed E-state index contributed by atoms with van der Waals surface area (Å²) in [5, 5.41) is 3.96. The maximum absolute atomic E-state index is 12.7. The van der Waals surface area contributed by atoms with Crippen LogP contribution >= 0.6 is 0 Å². The molecule has 0 spiro atoms. The Balaban J connectivity index is 1.69. The van der Waals surface area contributed by atoms with E-state index in [4.69, 9.17) is 4.52 Å². The number of benzene rings is 1. The van der Waals surface area contributed by atoms with Crippen molar-refractivity contribution in [3.8, 4) is 11.1 Å². The van der Waals surface area contributed by atoms with Crippen molar-refractivity contribution in [1.82, 2.24) is 19.7 Å². The van der Waals surface area contributed by atoms with Crippen LogP contribution in [-0.4, -0.2) is 19.7 Å². The number of nitrogens with zero attached hydrogens (tertiary/aromatic N) is 4. The Morgan fingerprint density at radius 1 is 1.07 bits per heavy atom. The first-order valence-corrected chi connectivity index (χ1v) is 8.23. The molecule has 0 radical (unpaired) electrons. The van der Waals surface area contributed by atoms with Crippen LogP contribution in [0.4, 0.5) is 13.2 Å². The van der Waals surface area contributed by atoms with Gasteiger partial charge in [-0.3, -0.25) is 0 Å². The van der Waals surface area contributed by atoms with E-state index in [2.05, 4.69) is 15.1 Å². The zero-order valence-electron chi connectivity index (χ0n) is 14.6. The Morgan fingerprint density at radius 2 is 1.81 bits per heavy atom. The summed E-state index contributed by atoms with van der Waals surface area (Å²) >= 11 is 0. The van der Waals surface area contributed by atoms with Crippen LogP contribution in [0.5, 0.6) is 0 Å². The molecule has 138 valence electrons. The maximum Gasteiger partial charge on any atom is 0.416 e. The summed E-state index contributed by atoms with van der Waals surface area (Å²) in [6.07, 6.45) is -0.996. The van der Waals surface area contributed by atoms with Gasteiger partial charge < -0.3 is 9.09 Å².